The Labute approximate surface area is 224 Å². The second-order valence-corrected chi connectivity index (χ2v) is 8.17. The fraction of sp³-hybridized carbons (Fsp3) is 0.185. The Morgan fingerprint density at radius 2 is 1.63 bits per heavy atom. The average molecular weight is 539 g/mol. The van der Waals surface area contributed by atoms with Crippen LogP contribution in [-0.2, 0) is 14.4 Å². The monoisotopic (exact) mass is 538 g/mol. The third-order valence-corrected chi connectivity index (χ3v) is 5.11. The first kappa shape index (κ1) is 28.0. The molecule has 3 rings (SSSR count). The van der Waals surface area contributed by atoms with Crippen LogP contribution < -0.4 is 30.3 Å². The maximum Gasteiger partial charge on any atom is 0.329 e. The van der Waals surface area contributed by atoms with E-state index in [1.54, 1.807) is 54.6 Å². The molecule has 11 heteroatoms. The van der Waals surface area contributed by atoms with E-state index in [4.69, 9.17) is 25.8 Å². The van der Waals surface area contributed by atoms with Crippen molar-refractivity contribution in [2.24, 2.45) is 5.10 Å². The Morgan fingerprint density at radius 1 is 0.921 bits per heavy atom. The zero-order valence-electron chi connectivity index (χ0n) is 20.8. The Bertz CT molecular complexity index is 1280. The van der Waals surface area contributed by atoms with Crippen LogP contribution in [0.1, 0.15) is 18.9 Å². The molecule has 38 heavy (non-hydrogen) atoms. The number of amides is 3. The van der Waals surface area contributed by atoms with E-state index in [-0.39, 0.29) is 29.0 Å². The summed E-state index contributed by atoms with van der Waals surface area (Å²) in [5.74, 6) is -1.14. The normalized spacial score (nSPS) is 10.5. The van der Waals surface area contributed by atoms with Crippen molar-refractivity contribution in [1.29, 1.82) is 0 Å². The van der Waals surface area contributed by atoms with Gasteiger partial charge in [0.15, 0.2) is 18.1 Å². The summed E-state index contributed by atoms with van der Waals surface area (Å²) in [7, 11) is 1.41. The fourth-order valence-electron chi connectivity index (χ4n) is 3.07. The molecule has 3 aromatic rings. The summed E-state index contributed by atoms with van der Waals surface area (Å²) < 4.78 is 16.4. The zero-order valence-corrected chi connectivity index (χ0v) is 21.6. The molecule has 0 aliphatic carbocycles. The van der Waals surface area contributed by atoms with Gasteiger partial charge in [-0.1, -0.05) is 36.7 Å². The van der Waals surface area contributed by atoms with Gasteiger partial charge in [0.05, 0.1) is 25.0 Å². The summed E-state index contributed by atoms with van der Waals surface area (Å²) in [4.78, 5) is 36.4. The van der Waals surface area contributed by atoms with Gasteiger partial charge >= 0.3 is 11.8 Å². The molecular formula is C27H27ClN4O6. The minimum Gasteiger partial charge on any atom is -0.494 e. The van der Waals surface area contributed by atoms with Crippen LogP contribution in [0, 0.1) is 0 Å². The molecule has 198 valence electrons. The molecule has 3 N–H and O–H groups in total. The highest BCUT2D eigenvalue weighted by molar-refractivity contribution is 6.39. The number of anilines is 2. The van der Waals surface area contributed by atoms with Crippen LogP contribution in [0.2, 0.25) is 5.02 Å². The number of hydrogen-bond acceptors (Lipinski definition) is 7. The van der Waals surface area contributed by atoms with Gasteiger partial charge in [-0.2, -0.15) is 5.10 Å². The fourth-order valence-corrected chi connectivity index (χ4v) is 3.34. The predicted molar refractivity (Wildman–Crippen MR) is 145 cm³/mol. The molecule has 0 atom stereocenters. The van der Waals surface area contributed by atoms with Gasteiger partial charge in [0.2, 0.25) is 0 Å². The summed E-state index contributed by atoms with van der Waals surface area (Å²) in [6, 6.07) is 18.6. The van der Waals surface area contributed by atoms with Crippen LogP contribution in [0.15, 0.2) is 71.8 Å². The number of hydrazone groups is 1. The molecule has 3 amide bonds. The smallest absolute Gasteiger partial charge is 0.329 e. The van der Waals surface area contributed by atoms with Crippen LogP contribution in [0.4, 0.5) is 11.4 Å². The molecule has 3 aromatic carbocycles. The van der Waals surface area contributed by atoms with E-state index >= 15 is 0 Å². The summed E-state index contributed by atoms with van der Waals surface area (Å²) in [6.07, 6.45) is 2.16. The first-order valence-corrected chi connectivity index (χ1v) is 12.0. The second-order valence-electron chi connectivity index (χ2n) is 7.76. The van der Waals surface area contributed by atoms with E-state index in [1.807, 2.05) is 13.0 Å². The van der Waals surface area contributed by atoms with Gasteiger partial charge in [0.25, 0.3) is 5.91 Å². The molecule has 0 bridgehead atoms. The average Bonchev–Trinajstić information content (AvgIpc) is 2.92. The number of hydrogen-bond donors (Lipinski definition) is 3. The van der Waals surface area contributed by atoms with Gasteiger partial charge in [-0.15, -0.1) is 0 Å². The van der Waals surface area contributed by atoms with Crippen LogP contribution >= 0.6 is 11.6 Å². The second kappa shape index (κ2) is 14.2. The van der Waals surface area contributed by atoms with Gasteiger partial charge in [-0.25, -0.2) is 5.43 Å². The Kier molecular flexibility index (Phi) is 10.5. The predicted octanol–water partition coefficient (Wildman–Crippen LogP) is 4.24. The van der Waals surface area contributed by atoms with Gasteiger partial charge in [-0.05, 0) is 60.5 Å². The molecule has 10 nitrogen and oxygen atoms in total. The van der Waals surface area contributed by atoms with E-state index in [0.717, 1.165) is 6.42 Å². The number of methoxy groups -OCH3 is 1. The van der Waals surface area contributed by atoms with E-state index in [2.05, 4.69) is 21.2 Å². The van der Waals surface area contributed by atoms with Crippen molar-refractivity contribution in [3.63, 3.8) is 0 Å². The lowest BCUT2D eigenvalue weighted by molar-refractivity contribution is -0.136. The van der Waals surface area contributed by atoms with Crippen molar-refractivity contribution in [3.05, 3.63) is 77.3 Å². The number of nitrogens with one attached hydrogen (secondary N) is 3. The maximum atomic E-state index is 12.2. The SMILES string of the molecule is CCCOc1ccc(NC(=O)C(=O)N/N=C\c2cc(Cl)c(OCC(=O)Nc3ccccc3)c(OC)c2)cc1. The number of ether oxygens (including phenoxy) is 3. The third kappa shape index (κ3) is 8.52. The Morgan fingerprint density at radius 3 is 2.32 bits per heavy atom. The molecule has 0 heterocycles. The summed E-state index contributed by atoms with van der Waals surface area (Å²) in [6.45, 7) is 2.30. The third-order valence-electron chi connectivity index (χ3n) is 4.83. The van der Waals surface area contributed by atoms with Crippen molar-refractivity contribution in [2.45, 2.75) is 13.3 Å². The quantitative estimate of drug-likeness (QED) is 0.190. The first-order valence-electron chi connectivity index (χ1n) is 11.6. The van der Waals surface area contributed by atoms with E-state index in [1.165, 1.54) is 19.4 Å². The van der Waals surface area contributed by atoms with Crippen LogP contribution in [-0.4, -0.2) is 44.3 Å². The van der Waals surface area contributed by atoms with Gasteiger partial charge < -0.3 is 24.8 Å². The van der Waals surface area contributed by atoms with Crippen molar-refractivity contribution >= 4 is 46.9 Å². The van der Waals surface area contributed by atoms with Crippen LogP contribution in [0.5, 0.6) is 17.2 Å². The minimum atomic E-state index is -0.963. The van der Waals surface area contributed by atoms with Crippen molar-refractivity contribution in [1.82, 2.24) is 5.43 Å². The molecule has 0 fully saturated rings. The summed E-state index contributed by atoms with van der Waals surface area (Å²) >= 11 is 6.32. The Balaban J connectivity index is 1.53. The van der Waals surface area contributed by atoms with Crippen LogP contribution in [0.25, 0.3) is 0 Å². The molecule has 0 saturated carbocycles. The molecule has 0 saturated heterocycles. The molecule has 0 aliphatic heterocycles. The highest BCUT2D eigenvalue weighted by Crippen LogP contribution is 2.36. The molecule has 0 aromatic heterocycles. The number of nitrogens with zero attached hydrogens (tertiary/aromatic N) is 1. The molecule has 0 spiro atoms. The van der Waals surface area contributed by atoms with E-state index in [0.29, 0.717) is 29.3 Å². The molecular weight excluding hydrogens is 512 g/mol. The molecule has 0 unspecified atom stereocenters. The van der Waals surface area contributed by atoms with Crippen LogP contribution in [0.3, 0.4) is 0 Å². The van der Waals surface area contributed by atoms with Gasteiger partial charge in [-0.3, -0.25) is 14.4 Å². The van der Waals surface area contributed by atoms with Crippen molar-refractivity contribution < 1.29 is 28.6 Å². The standard InChI is InChI=1S/C27H27ClN4O6/c1-3-13-37-21-11-9-20(10-12-21)31-26(34)27(35)32-29-16-18-14-22(28)25(23(15-18)36-2)38-17-24(33)30-19-7-5-4-6-8-19/h4-12,14-16H,3,13,17H2,1-2H3,(H,30,33)(H,31,34)(H,32,35)/b29-16-. The highest BCUT2D eigenvalue weighted by Gasteiger charge is 2.15. The number of rotatable bonds is 11. The topological polar surface area (TPSA) is 127 Å². The molecule has 0 radical (unpaired) electrons. The lowest BCUT2D eigenvalue weighted by Crippen LogP contribution is -2.32. The number of para-hydroxylation sites is 1. The Hall–Kier alpha value is -4.57. The van der Waals surface area contributed by atoms with E-state index < -0.39 is 11.8 Å². The summed E-state index contributed by atoms with van der Waals surface area (Å²) in [5.41, 5.74) is 3.67. The van der Waals surface area contributed by atoms with Crippen molar-refractivity contribution in [2.75, 3.05) is 31.0 Å². The number of halogens is 1. The molecule has 0 aliphatic rings. The lowest BCUT2D eigenvalue weighted by atomic mass is 10.2. The van der Waals surface area contributed by atoms with Crippen molar-refractivity contribution in [3.8, 4) is 17.2 Å². The first-order chi connectivity index (χ1) is 18.4. The largest absolute Gasteiger partial charge is 0.494 e. The summed E-state index contributed by atoms with van der Waals surface area (Å²) in [5, 5.41) is 9.14. The number of benzene rings is 3. The lowest BCUT2D eigenvalue weighted by Gasteiger charge is -2.13. The number of carbonyl (C=O) groups excluding carboxylic acids is 3. The zero-order chi connectivity index (χ0) is 27.3. The van der Waals surface area contributed by atoms with Gasteiger partial charge in [0, 0.05) is 11.4 Å². The number of carbonyl (C=O) groups is 3. The minimum absolute atomic E-state index is 0.161. The van der Waals surface area contributed by atoms with Gasteiger partial charge in [0.1, 0.15) is 5.75 Å². The maximum absolute atomic E-state index is 12.2. The highest BCUT2D eigenvalue weighted by atomic mass is 35.5. The van der Waals surface area contributed by atoms with E-state index in [9.17, 15) is 14.4 Å².